The van der Waals surface area contributed by atoms with E-state index in [2.05, 4.69) is 10.9 Å². The van der Waals surface area contributed by atoms with Gasteiger partial charge in [-0.2, -0.15) is 0 Å². The van der Waals surface area contributed by atoms with Gasteiger partial charge in [0.15, 0.2) is 0 Å². The second-order valence-electron chi connectivity index (χ2n) is 7.37. The first-order valence-electron chi connectivity index (χ1n) is 9.68. The first kappa shape index (κ1) is 19.7. The molecule has 1 aromatic rings. The van der Waals surface area contributed by atoms with Gasteiger partial charge in [0, 0.05) is 17.5 Å². The Morgan fingerprint density at radius 3 is 2.37 bits per heavy atom. The van der Waals surface area contributed by atoms with Crippen LogP contribution < -0.4 is 10.9 Å². The van der Waals surface area contributed by atoms with Crippen LogP contribution in [0.1, 0.15) is 50.5 Å². The van der Waals surface area contributed by atoms with E-state index in [9.17, 15) is 14.4 Å². The van der Waals surface area contributed by atoms with E-state index < -0.39 is 6.04 Å². The van der Waals surface area contributed by atoms with E-state index in [-0.39, 0.29) is 30.1 Å². The Morgan fingerprint density at radius 2 is 1.67 bits per heavy atom. The summed E-state index contributed by atoms with van der Waals surface area (Å²) >= 11 is 5.83. The van der Waals surface area contributed by atoms with Gasteiger partial charge in [-0.1, -0.05) is 43.0 Å². The maximum Gasteiger partial charge on any atom is 0.261 e. The molecule has 2 fully saturated rings. The van der Waals surface area contributed by atoms with Gasteiger partial charge in [0.05, 0.1) is 6.42 Å². The van der Waals surface area contributed by atoms with Crippen molar-refractivity contribution in [1.29, 1.82) is 0 Å². The molecule has 0 aromatic heterocycles. The molecule has 1 saturated heterocycles. The lowest BCUT2D eigenvalue weighted by Crippen LogP contribution is -2.52. The highest BCUT2D eigenvalue weighted by Gasteiger charge is 2.37. The monoisotopic (exact) mass is 391 g/mol. The third kappa shape index (κ3) is 5.22. The molecule has 6 nitrogen and oxygen atoms in total. The third-order valence-corrected chi connectivity index (χ3v) is 5.65. The number of likely N-dealkylation sites (tertiary alicyclic amines) is 1. The average molecular weight is 392 g/mol. The van der Waals surface area contributed by atoms with Crippen molar-refractivity contribution < 1.29 is 14.4 Å². The molecule has 1 saturated carbocycles. The molecule has 146 valence electrons. The summed E-state index contributed by atoms with van der Waals surface area (Å²) in [7, 11) is 0. The van der Waals surface area contributed by atoms with Gasteiger partial charge in [-0.3, -0.25) is 25.2 Å². The number of hydrazine groups is 1. The molecule has 1 atom stereocenters. The van der Waals surface area contributed by atoms with Crippen molar-refractivity contribution in [3.8, 4) is 0 Å². The number of carbonyl (C=O) groups is 3. The molecule has 1 aromatic carbocycles. The van der Waals surface area contributed by atoms with Crippen LogP contribution in [0.5, 0.6) is 0 Å². The Balaban J connectivity index is 1.49. The van der Waals surface area contributed by atoms with Crippen LogP contribution >= 0.6 is 11.6 Å². The van der Waals surface area contributed by atoms with Crippen molar-refractivity contribution in [3.63, 3.8) is 0 Å². The van der Waals surface area contributed by atoms with Gasteiger partial charge in [0.2, 0.25) is 11.8 Å². The third-order valence-electron chi connectivity index (χ3n) is 5.40. The minimum atomic E-state index is -0.491. The zero-order chi connectivity index (χ0) is 19.2. The topological polar surface area (TPSA) is 78.5 Å². The van der Waals surface area contributed by atoms with Crippen molar-refractivity contribution in [2.24, 2.45) is 5.92 Å². The predicted molar refractivity (Wildman–Crippen MR) is 103 cm³/mol. The Morgan fingerprint density at radius 1 is 0.963 bits per heavy atom. The Labute approximate surface area is 164 Å². The summed E-state index contributed by atoms with van der Waals surface area (Å²) in [6.45, 7) is 0.617. The van der Waals surface area contributed by atoms with Crippen molar-refractivity contribution in [2.75, 3.05) is 6.54 Å². The molecular weight excluding hydrogens is 366 g/mol. The van der Waals surface area contributed by atoms with Crippen LogP contribution in [0.25, 0.3) is 0 Å². The number of carbonyl (C=O) groups excluding carboxylic acids is 3. The number of rotatable bonds is 4. The highest BCUT2D eigenvalue weighted by molar-refractivity contribution is 6.30. The van der Waals surface area contributed by atoms with Crippen LogP contribution in [-0.4, -0.2) is 35.2 Å². The molecule has 2 N–H and O–H groups in total. The van der Waals surface area contributed by atoms with Crippen molar-refractivity contribution in [2.45, 2.75) is 57.4 Å². The number of halogens is 1. The van der Waals surface area contributed by atoms with Gasteiger partial charge in [0.1, 0.15) is 6.04 Å². The van der Waals surface area contributed by atoms with Gasteiger partial charge < -0.3 is 4.90 Å². The quantitative estimate of drug-likeness (QED) is 0.774. The van der Waals surface area contributed by atoms with Crippen molar-refractivity contribution >= 4 is 29.3 Å². The van der Waals surface area contributed by atoms with Crippen molar-refractivity contribution in [1.82, 2.24) is 15.8 Å². The maximum atomic E-state index is 12.8. The minimum Gasteiger partial charge on any atom is -0.330 e. The lowest BCUT2D eigenvalue weighted by molar-refractivity contribution is -0.143. The molecule has 0 spiro atoms. The SMILES string of the molecule is O=C(Cc1ccc(Cl)cc1)NNC(=O)C1CCCN1C(=O)C1CCCCC1. The maximum absolute atomic E-state index is 12.8. The fourth-order valence-electron chi connectivity index (χ4n) is 3.93. The van der Waals surface area contributed by atoms with Crippen LogP contribution in [0.2, 0.25) is 5.02 Å². The van der Waals surface area contributed by atoms with E-state index in [4.69, 9.17) is 11.6 Å². The van der Waals surface area contributed by atoms with Crippen LogP contribution in [0.3, 0.4) is 0 Å². The largest absolute Gasteiger partial charge is 0.330 e. The highest BCUT2D eigenvalue weighted by Crippen LogP contribution is 2.28. The second kappa shape index (κ2) is 9.22. The van der Waals surface area contributed by atoms with E-state index in [1.165, 1.54) is 6.42 Å². The smallest absolute Gasteiger partial charge is 0.261 e. The summed E-state index contributed by atoms with van der Waals surface area (Å²) in [6.07, 6.45) is 6.79. The lowest BCUT2D eigenvalue weighted by atomic mass is 9.88. The second-order valence-corrected chi connectivity index (χ2v) is 7.80. The molecule has 1 heterocycles. The fourth-order valence-corrected chi connectivity index (χ4v) is 4.06. The molecule has 3 amide bonds. The van der Waals surface area contributed by atoms with E-state index in [1.54, 1.807) is 29.2 Å². The fraction of sp³-hybridized carbons (Fsp3) is 0.550. The zero-order valence-electron chi connectivity index (χ0n) is 15.4. The highest BCUT2D eigenvalue weighted by atomic mass is 35.5. The number of nitrogens with zero attached hydrogens (tertiary/aromatic N) is 1. The first-order valence-corrected chi connectivity index (χ1v) is 10.1. The molecule has 2 aliphatic rings. The van der Waals surface area contributed by atoms with Crippen LogP contribution in [0.4, 0.5) is 0 Å². The predicted octanol–water partition coefficient (Wildman–Crippen LogP) is 2.60. The van der Waals surface area contributed by atoms with Crippen LogP contribution in [-0.2, 0) is 20.8 Å². The number of amides is 3. The summed E-state index contributed by atoms with van der Waals surface area (Å²) < 4.78 is 0. The molecule has 1 unspecified atom stereocenters. The van der Waals surface area contributed by atoms with Gasteiger partial charge in [-0.25, -0.2) is 0 Å². The summed E-state index contributed by atoms with van der Waals surface area (Å²) in [5.74, 6) is -0.485. The Bertz CT molecular complexity index is 686. The number of hydrogen-bond donors (Lipinski definition) is 2. The first-order chi connectivity index (χ1) is 13.0. The van der Waals surface area contributed by atoms with Gasteiger partial charge in [-0.15, -0.1) is 0 Å². The number of benzene rings is 1. The van der Waals surface area contributed by atoms with Gasteiger partial charge in [0.25, 0.3) is 5.91 Å². The minimum absolute atomic E-state index is 0.0478. The molecule has 1 aliphatic carbocycles. The lowest BCUT2D eigenvalue weighted by Gasteiger charge is -2.30. The summed E-state index contributed by atoms with van der Waals surface area (Å²) in [4.78, 5) is 39.0. The summed E-state index contributed by atoms with van der Waals surface area (Å²) in [5.41, 5.74) is 5.74. The molecule has 0 radical (unpaired) electrons. The number of hydrogen-bond acceptors (Lipinski definition) is 3. The van der Waals surface area contributed by atoms with Gasteiger partial charge in [-0.05, 0) is 43.4 Å². The summed E-state index contributed by atoms with van der Waals surface area (Å²) in [5, 5.41) is 0.608. The van der Waals surface area contributed by atoms with E-state index in [0.717, 1.165) is 37.7 Å². The standard InChI is InChI=1S/C20H26ClN3O3/c21-16-10-8-14(9-11-16)13-18(25)22-23-19(26)17-7-4-12-24(17)20(27)15-5-2-1-3-6-15/h8-11,15,17H,1-7,12-13H2,(H,22,25)(H,23,26). The van der Waals surface area contributed by atoms with E-state index in [1.807, 2.05) is 0 Å². The number of nitrogens with one attached hydrogen (secondary N) is 2. The zero-order valence-corrected chi connectivity index (χ0v) is 16.1. The van der Waals surface area contributed by atoms with E-state index >= 15 is 0 Å². The normalized spacial score (nSPS) is 20.3. The van der Waals surface area contributed by atoms with Crippen LogP contribution in [0.15, 0.2) is 24.3 Å². The molecule has 1 aliphatic heterocycles. The Kier molecular flexibility index (Phi) is 6.72. The molecule has 7 heteroatoms. The average Bonchev–Trinajstić information content (AvgIpc) is 3.18. The Hall–Kier alpha value is -2.08. The molecule has 27 heavy (non-hydrogen) atoms. The molecule has 0 bridgehead atoms. The molecular formula is C20H26ClN3O3. The van der Waals surface area contributed by atoms with E-state index in [0.29, 0.717) is 18.0 Å². The summed E-state index contributed by atoms with van der Waals surface area (Å²) in [6, 6.07) is 6.48. The van der Waals surface area contributed by atoms with Crippen molar-refractivity contribution in [3.05, 3.63) is 34.9 Å². The van der Waals surface area contributed by atoms with Gasteiger partial charge >= 0.3 is 0 Å². The molecule has 3 rings (SSSR count). The van der Waals surface area contributed by atoms with Crippen LogP contribution in [0, 0.1) is 5.92 Å².